The molecule has 2 aromatic carbocycles. The van der Waals surface area contributed by atoms with E-state index in [1.165, 1.54) is 36.4 Å². The number of nitrogens with zero attached hydrogens (tertiary/aromatic N) is 2. The first kappa shape index (κ1) is 29.5. The van der Waals surface area contributed by atoms with Crippen LogP contribution in [0.5, 0.6) is 5.75 Å². The Bertz CT molecular complexity index is 1540. The van der Waals surface area contributed by atoms with Crippen LogP contribution >= 0.6 is 0 Å². The normalized spacial score (nSPS) is 16.8. The van der Waals surface area contributed by atoms with Gasteiger partial charge in [-0.05, 0) is 74.9 Å². The number of benzene rings is 2. The van der Waals surface area contributed by atoms with Gasteiger partial charge in [0.2, 0.25) is 0 Å². The quantitative estimate of drug-likeness (QED) is 0.351. The molecule has 1 N–H and O–H groups in total. The van der Waals surface area contributed by atoms with Gasteiger partial charge in [0.1, 0.15) is 11.6 Å². The van der Waals surface area contributed by atoms with Gasteiger partial charge in [-0.25, -0.2) is 18.5 Å². The molecule has 3 aromatic rings. The number of aromatic nitrogens is 1. The Kier molecular flexibility index (Phi) is 8.21. The van der Waals surface area contributed by atoms with Gasteiger partial charge in [-0.3, -0.25) is 4.79 Å². The molecule has 0 spiro atoms. The lowest BCUT2D eigenvalue weighted by molar-refractivity contribution is 0.0981. The molecule has 1 aromatic heterocycles. The van der Waals surface area contributed by atoms with Gasteiger partial charge in [0, 0.05) is 29.4 Å². The summed E-state index contributed by atoms with van der Waals surface area (Å²) in [7, 11) is -4.33. The number of pyridine rings is 1. The van der Waals surface area contributed by atoms with E-state index in [1.807, 2.05) is 39.3 Å². The molecule has 1 aliphatic rings. The second-order valence-electron chi connectivity index (χ2n) is 11.5. The van der Waals surface area contributed by atoms with E-state index in [0.29, 0.717) is 18.8 Å². The highest BCUT2D eigenvalue weighted by Crippen LogP contribution is 2.42. The van der Waals surface area contributed by atoms with E-state index in [-0.39, 0.29) is 45.0 Å². The van der Waals surface area contributed by atoms with Gasteiger partial charge < -0.3 is 9.64 Å². The molecule has 1 fully saturated rings. The maximum atomic E-state index is 16.5. The Labute approximate surface area is 234 Å². The fraction of sp³-hybridized carbons (Fsp3) is 0.400. The molecule has 214 valence electrons. The molecule has 1 amide bonds. The summed E-state index contributed by atoms with van der Waals surface area (Å²) in [5.41, 5.74) is 0.0624. The number of carbonyl (C=O) groups is 1. The predicted molar refractivity (Wildman–Crippen MR) is 151 cm³/mol. The lowest BCUT2D eigenvalue weighted by atomic mass is 9.95. The van der Waals surface area contributed by atoms with Crippen molar-refractivity contribution in [1.82, 2.24) is 9.71 Å². The van der Waals surface area contributed by atoms with Crippen LogP contribution < -0.4 is 14.4 Å². The molecule has 1 saturated heterocycles. The summed E-state index contributed by atoms with van der Waals surface area (Å²) in [6.07, 6.45) is 0.733. The summed E-state index contributed by atoms with van der Waals surface area (Å²) >= 11 is 0. The van der Waals surface area contributed by atoms with Gasteiger partial charge >= 0.3 is 0 Å². The zero-order chi connectivity index (χ0) is 29.4. The number of anilines is 1. The van der Waals surface area contributed by atoms with Crippen molar-refractivity contribution in [2.75, 3.05) is 18.1 Å². The van der Waals surface area contributed by atoms with E-state index in [2.05, 4.69) is 4.98 Å². The minimum Gasteiger partial charge on any atom is -0.493 e. The Hall–Kier alpha value is -3.53. The topological polar surface area (TPSA) is 88.6 Å². The van der Waals surface area contributed by atoms with E-state index in [1.54, 1.807) is 24.0 Å². The number of rotatable bonds is 8. The summed E-state index contributed by atoms with van der Waals surface area (Å²) in [5.74, 6) is -1.66. The number of hydrogen-bond acceptors (Lipinski definition) is 6. The first-order valence-electron chi connectivity index (χ1n) is 13.2. The molecule has 0 radical (unpaired) electrons. The molecule has 1 unspecified atom stereocenters. The highest BCUT2D eigenvalue weighted by molar-refractivity contribution is 7.90. The second kappa shape index (κ2) is 11.2. The van der Waals surface area contributed by atoms with Crippen molar-refractivity contribution >= 4 is 21.6 Å². The van der Waals surface area contributed by atoms with Crippen LogP contribution in [0.1, 0.15) is 57.1 Å². The molecular formula is C30H35F2N3O4S. The van der Waals surface area contributed by atoms with E-state index >= 15 is 4.39 Å². The number of nitrogens with one attached hydrogen (secondary N) is 1. The average Bonchev–Trinajstić information content (AvgIpc) is 3.13. The largest absolute Gasteiger partial charge is 0.493 e. The molecule has 7 nitrogen and oxygen atoms in total. The Balaban J connectivity index is 1.82. The lowest BCUT2D eigenvalue weighted by Gasteiger charge is -2.35. The fourth-order valence-electron chi connectivity index (χ4n) is 5.18. The lowest BCUT2D eigenvalue weighted by Crippen LogP contribution is -2.41. The number of amides is 1. The van der Waals surface area contributed by atoms with Crippen molar-refractivity contribution in [2.45, 2.75) is 58.5 Å². The van der Waals surface area contributed by atoms with Crippen molar-refractivity contribution in [1.29, 1.82) is 0 Å². The van der Waals surface area contributed by atoms with E-state index in [0.717, 1.165) is 6.42 Å². The van der Waals surface area contributed by atoms with Crippen molar-refractivity contribution in [2.24, 2.45) is 11.8 Å². The highest BCUT2D eigenvalue weighted by atomic mass is 32.2. The molecule has 10 heteroatoms. The third-order valence-electron chi connectivity index (χ3n) is 6.83. The van der Waals surface area contributed by atoms with Crippen LogP contribution in [0, 0.1) is 30.4 Å². The first-order valence-corrected chi connectivity index (χ1v) is 14.7. The molecule has 2 heterocycles. The van der Waals surface area contributed by atoms with Gasteiger partial charge in [0.15, 0.2) is 10.8 Å². The Morgan fingerprint density at radius 2 is 1.90 bits per heavy atom. The maximum Gasteiger partial charge on any atom is 0.281 e. The van der Waals surface area contributed by atoms with Crippen molar-refractivity contribution < 1.29 is 26.7 Å². The Morgan fingerprint density at radius 1 is 1.18 bits per heavy atom. The maximum absolute atomic E-state index is 16.5. The van der Waals surface area contributed by atoms with Crippen molar-refractivity contribution in [3.05, 3.63) is 71.4 Å². The van der Waals surface area contributed by atoms with E-state index < -0.39 is 33.1 Å². The molecule has 0 bridgehead atoms. The number of hydrogen-bond donors (Lipinski definition) is 1. The van der Waals surface area contributed by atoms with Crippen LogP contribution in [0.2, 0.25) is 0 Å². The third kappa shape index (κ3) is 6.27. The molecule has 0 saturated carbocycles. The highest BCUT2D eigenvalue weighted by Gasteiger charge is 2.40. The second-order valence-corrected chi connectivity index (χ2v) is 13.1. The summed E-state index contributed by atoms with van der Waals surface area (Å²) in [5, 5.41) is -0.316. The van der Waals surface area contributed by atoms with Gasteiger partial charge in [-0.1, -0.05) is 32.9 Å². The Morgan fingerprint density at radius 3 is 2.52 bits per heavy atom. The summed E-state index contributed by atoms with van der Waals surface area (Å²) < 4.78 is 64.8. The minimum absolute atomic E-state index is 0.0364. The van der Waals surface area contributed by atoms with Crippen molar-refractivity contribution in [3.63, 3.8) is 0 Å². The van der Waals surface area contributed by atoms with Gasteiger partial charge in [0.05, 0.1) is 17.9 Å². The summed E-state index contributed by atoms with van der Waals surface area (Å²) in [4.78, 5) is 19.2. The molecular weight excluding hydrogens is 536 g/mol. The average molecular weight is 572 g/mol. The van der Waals surface area contributed by atoms with Crippen LogP contribution in [0.25, 0.3) is 11.1 Å². The van der Waals surface area contributed by atoms with Gasteiger partial charge in [-0.15, -0.1) is 0 Å². The van der Waals surface area contributed by atoms with E-state index in [4.69, 9.17) is 4.74 Å². The standard InChI is InChI=1S/C30H35F2N3O4S/c1-18(2)17-39-23-13-21(12-22(31)14-23)24-10-11-25(28(27(24)32)35-16-19(3)15-30(35,5)6)29(36)34-40(37,38)26-9-7-8-20(4)33-26/h7-14,18-19H,15-17H2,1-6H3,(H,34,36). The first-order chi connectivity index (χ1) is 18.7. The summed E-state index contributed by atoms with van der Waals surface area (Å²) in [6.45, 7) is 12.3. The monoisotopic (exact) mass is 571 g/mol. The smallest absolute Gasteiger partial charge is 0.281 e. The minimum atomic E-state index is -4.33. The number of halogens is 2. The van der Waals surface area contributed by atoms with Crippen LogP contribution in [0.4, 0.5) is 14.5 Å². The zero-order valence-corrected chi connectivity index (χ0v) is 24.4. The zero-order valence-electron chi connectivity index (χ0n) is 23.6. The summed E-state index contributed by atoms with van der Waals surface area (Å²) in [6, 6.07) is 11.2. The fourth-order valence-corrected chi connectivity index (χ4v) is 6.16. The molecule has 1 aliphatic heterocycles. The number of aryl methyl sites for hydroxylation is 1. The van der Waals surface area contributed by atoms with Crippen LogP contribution in [-0.4, -0.2) is 38.0 Å². The molecule has 4 rings (SSSR count). The van der Waals surface area contributed by atoms with Crippen LogP contribution in [-0.2, 0) is 10.0 Å². The number of ether oxygens (including phenoxy) is 1. The molecule has 1 atom stereocenters. The van der Waals surface area contributed by atoms with E-state index in [9.17, 15) is 17.6 Å². The number of sulfonamides is 1. The SMILES string of the molecule is Cc1cccc(S(=O)(=O)NC(=O)c2ccc(-c3cc(F)cc(OCC(C)C)c3)c(F)c2N2CC(C)CC2(C)C)n1. The predicted octanol–water partition coefficient (Wildman–Crippen LogP) is 6.11. The number of carbonyl (C=O) groups excluding carboxylic acids is 1. The molecule has 0 aliphatic carbocycles. The third-order valence-corrected chi connectivity index (χ3v) is 8.07. The van der Waals surface area contributed by atoms with Crippen molar-refractivity contribution in [3.8, 4) is 16.9 Å². The van der Waals surface area contributed by atoms with Gasteiger partial charge in [-0.2, -0.15) is 8.42 Å². The van der Waals surface area contributed by atoms with Crippen LogP contribution in [0.15, 0.2) is 53.6 Å². The van der Waals surface area contributed by atoms with Gasteiger partial charge in [0.25, 0.3) is 15.9 Å². The molecule has 40 heavy (non-hydrogen) atoms. The van der Waals surface area contributed by atoms with Crippen LogP contribution in [0.3, 0.4) is 0 Å².